The summed E-state index contributed by atoms with van der Waals surface area (Å²) in [6.45, 7) is 1.12. The highest BCUT2D eigenvalue weighted by Crippen LogP contribution is 2.19. The lowest BCUT2D eigenvalue weighted by Gasteiger charge is -2.10. The molecular weight excluding hydrogens is 269 g/mol. The Morgan fingerprint density at radius 1 is 1.53 bits per heavy atom. The molecule has 1 N–H and O–H groups in total. The first-order valence-corrected chi connectivity index (χ1v) is 6.86. The van der Waals surface area contributed by atoms with E-state index in [1.807, 2.05) is 0 Å². The maximum Gasteiger partial charge on any atom is 0.222 e. The topological polar surface area (TPSA) is 38.3 Å². The Labute approximate surface area is 117 Å². The molecule has 1 atom stereocenters. The van der Waals surface area contributed by atoms with E-state index in [1.165, 1.54) is 6.07 Å². The molecule has 1 aromatic rings. The van der Waals surface area contributed by atoms with Crippen LogP contribution in [0, 0.1) is 5.82 Å². The molecule has 3 nitrogen and oxygen atoms in total. The molecule has 0 aromatic heterocycles. The van der Waals surface area contributed by atoms with Crippen LogP contribution in [0.2, 0.25) is 5.02 Å². The Morgan fingerprint density at radius 2 is 2.37 bits per heavy atom. The second-order valence-electron chi connectivity index (χ2n) is 4.64. The Kier molecular flexibility index (Phi) is 5.16. The largest absolute Gasteiger partial charge is 0.378 e. The highest BCUT2D eigenvalue weighted by molar-refractivity contribution is 6.31. The van der Waals surface area contributed by atoms with E-state index in [0.29, 0.717) is 30.0 Å². The van der Waals surface area contributed by atoms with Crippen molar-refractivity contribution in [2.75, 3.05) is 13.2 Å². The zero-order valence-electron chi connectivity index (χ0n) is 10.6. The molecule has 0 radical (unpaired) electrons. The highest BCUT2D eigenvalue weighted by Gasteiger charge is 2.18. The molecule has 1 heterocycles. The van der Waals surface area contributed by atoms with Crippen molar-refractivity contribution in [3.8, 4) is 0 Å². The monoisotopic (exact) mass is 285 g/mol. The fourth-order valence-electron chi connectivity index (χ4n) is 2.18. The third-order valence-electron chi connectivity index (χ3n) is 3.20. The Morgan fingerprint density at radius 3 is 3.05 bits per heavy atom. The van der Waals surface area contributed by atoms with Crippen LogP contribution in [0.15, 0.2) is 18.2 Å². The van der Waals surface area contributed by atoms with Crippen molar-refractivity contribution in [3.63, 3.8) is 0 Å². The van der Waals surface area contributed by atoms with Crippen molar-refractivity contribution >= 4 is 17.5 Å². The zero-order chi connectivity index (χ0) is 13.7. The van der Waals surface area contributed by atoms with Crippen LogP contribution in [0.25, 0.3) is 0 Å². The third kappa shape index (κ3) is 4.18. The minimum absolute atomic E-state index is 0.0389. The SMILES string of the molecule is O=C(CC1CCCO1)NCCc1c(F)cccc1Cl. The number of halogens is 2. The van der Waals surface area contributed by atoms with Crippen molar-refractivity contribution in [1.29, 1.82) is 0 Å². The molecule has 1 aromatic carbocycles. The van der Waals surface area contributed by atoms with Crippen LogP contribution >= 0.6 is 11.6 Å². The summed E-state index contributed by atoms with van der Waals surface area (Å²) >= 11 is 5.91. The number of ether oxygens (including phenoxy) is 1. The lowest BCUT2D eigenvalue weighted by Crippen LogP contribution is -2.29. The van der Waals surface area contributed by atoms with Gasteiger partial charge < -0.3 is 10.1 Å². The van der Waals surface area contributed by atoms with Crippen molar-refractivity contribution in [1.82, 2.24) is 5.32 Å². The van der Waals surface area contributed by atoms with E-state index < -0.39 is 0 Å². The van der Waals surface area contributed by atoms with Gasteiger partial charge in [-0.25, -0.2) is 4.39 Å². The van der Waals surface area contributed by atoms with Gasteiger partial charge in [0.15, 0.2) is 0 Å². The van der Waals surface area contributed by atoms with Gasteiger partial charge in [-0.3, -0.25) is 4.79 Å². The summed E-state index contributed by atoms with van der Waals surface area (Å²) in [7, 11) is 0. The Bertz CT molecular complexity index is 427. The normalized spacial score (nSPS) is 18.5. The second-order valence-corrected chi connectivity index (χ2v) is 5.05. The number of nitrogens with one attached hydrogen (secondary N) is 1. The first-order valence-electron chi connectivity index (χ1n) is 6.48. The van der Waals surface area contributed by atoms with Crippen LogP contribution in [0.1, 0.15) is 24.8 Å². The predicted molar refractivity (Wildman–Crippen MR) is 71.7 cm³/mol. The molecule has 19 heavy (non-hydrogen) atoms. The summed E-state index contributed by atoms with van der Waals surface area (Å²) in [6.07, 6.45) is 2.76. The van der Waals surface area contributed by atoms with Crippen LogP contribution in [-0.4, -0.2) is 25.2 Å². The number of hydrogen-bond acceptors (Lipinski definition) is 2. The van der Waals surface area contributed by atoms with E-state index in [0.717, 1.165) is 19.4 Å². The van der Waals surface area contributed by atoms with Gasteiger partial charge in [-0.1, -0.05) is 17.7 Å². The minimum Gasteiger partial charge on any atom is -0.378 e. The third-order valence-corrected chi connectivity index (χ3v) is 3.55. The Balaban J connectivity index is 1.75. The molecule has 1 aliphatic rings. The van der Waals surface area contributed by atoms with E-state index in [4.69, 9.17) is 16.3 Å². The summed E-state index contributed by atoms with van der Waals surface area (Å²) in [5, 5.41) is 3.16. The predicted octanol–water partition coefficient (Wildman–Crippen LogP) is 2.71. The number of benzene rings is 1. The standard InChI is InChI=1S/C14H17ClFNO2/c15-12-4-1-5-13(16)11(12)6-7-17-14(18)9-10-3-2-8-19-10/h1,4-5,10H,2-3,6-9H2,(H,17,18). The molecule has 0 spiro atoms. The van der Waals surface area contributed by atoms with Crippen LogP contribution in [0.3, 0.4) is 0 Å². The van der Waals surface area contributed by atoms with Crippen LogP contribution in [0.4, 0.5) is 4.39 Å². The van der Waals surface area contributed by atoms with Gasteiger partial charge in [0.05, 0.1) is 12.5 Å². The van der Waals surface area contributed by atoms with Gasteiger partial charge >= 0.3 is 0 Å². The van der Waals surface area contributed by atoms with E-state index in [2.05, 4.69) is 5.32 Å². The smallest absolute Gasteiger partial charge is 0.222 e. The first kappa shape index (κ1) is 14.3. The van der Waals surface area contributed by atoms with Crippen LogP contribution < -0.4 is 5.32 Å². The first-order chi connectivity index (χ1) is 9.16. The minimum atomic E-state index is -0.333. The number of carbonyl (C=O) groups excluding carboxylic acids is 1. The maximum atomic E-state index is 13.5. The second kappa shape index (κ2) is 6.87. The maximum absolute atomic E-state index is 13.5. The highest BCUT2D eigenvalue weighted by atomic mass is 35.5. The van der Waals surface area contributed by atoms with Gasteiger partial charge in [0.1, 0.15) is 5.82 Å². The fourth-order valence-corrected chi connectivity index (χ4v) is 2.44. The zero-order valence-corrected chi connectivity index (χ0v) is 11.4. The molecular formula is C14H17ClFNO2. The summed E-state index contributed by atoms with van der Waals surface area (Å²) in [6, 6.07) is 4.58. The van der Waals surface area contributed by atoms with E-state index >= 15 is 0 Å². The van der Waals surface area contributed by atoms with E-state index in [1.54, 1.807) is 12.1 Å². The van der Waals surface area contributed by atoms with Crippen molar-refractivity contribution in [2.45, 2.75) is 31.8 Å². The Hall–Kier alpha value is -1.13. The summed E-state index contributed by atoms with van der Waals surface area (Å²) < 4.78 is 18.9. The van der Waals surface area contributed by atoms with Gasteiger partial charge in [0, 0.05) is 23.7 Å². The number of amides is 1. The molecule has 0 aliphatic carbocycles. The molecule has 2 rings (SSSR count). The van der Waals surface area contributed by atoms with Gasteiger partial charge in [0.25, 0.3) is 0 Å². The molecule has 0 saturated carbocycles. The van der Waals surface area contributed by atoms with Crippen LogP contribution in [-0.2, 0) is 16.0 Å². The number of hydrogen-bond donors (Lipinski definition) is 1. The summed E-state index contributed by atoms with van der Waals surface area (Å²) in [4.78, 5) is 11.6. The molecule has 1 unspecified atom stereocenters. The quantitative estimate of drug-likeness (QED) is 0.903. The number of rotatable bonds is 5. The lowest BCUT2D eigenvalue weighted by molar-refractivity contribution is -0.123. The fraction of sp³-hybridized carbons (Fsp3) is 0.500. The molecule has 1 fully saturated rings. The molecule has 1 saturated heterocycles. The molecule has 5 heteroatoms. The van der Waals surface area contributed by atoms with Gasteiger partial charge in [-0.05, 0) is 31.4 Å². The van der Waals surface area contributed by atoms with E-state index in [9.17, 15) is 9.18 Å². The average molecular weight is 286 g/mol. The van der Waals surface area contributed by atoms with Gasteiger partial charge in [-0.2, -0.15) is 0 Å². The number of carbonyl (C=O) groups is 1. The van der Waals surface area contributed by atoms with Crippen molar-refractivity contribution in [2.24, 2.45) is 0 Å². The average Bonchev–Trinajstić information content (AvgIpc) is 2.85. The molecule has 104 valence electrons. The van der Waals surface area contributed by atoms with Gasteiger partial charge in [0.2, 0.25) is 5.91 Å². The van der Waals surface area contributed by atoms with E-state index in [-0.39, 0.29) is 17.8 Å². The van der Waals surface area contributed by atoms with Crippen molar-refractivity contribution < 1.29 is 13.9 Å². The molecule has 0 bridgehead atoms. The molecule has 1 aliphatic heterocycles. The molecule has 1 amide bonds. The van der Waals surface area contributed by atoms with Crippen LogP contribution in [0.5, 0.6) is 0 Å². The summed E-state index contributed by atoms with van der Waals surface area (Å²) in [5.41, 5.74) is 0.446. The summed E-state index contributed by atoms with van der Waals surface area (Å²) in [5.74, 6) is -0.389. The van der Waals surface area contributed by atoms with Crippen molar-refractivity contribution in [3.05, 3.63) is 34.6 Å². The van der Waals surface area contributed by atoms with Gasteiger partial charge in [-0.15, -0.1) is 0 Å². The lowest BCUT2D eigenvalue weighted by atomic mass is 10.1.